The minimum atomic E-state index is -2.98. The van der Waals surface area contributed by atoms with Gasteiger partial charge in [0.25, 0.3) is 0 Å². The second-order valence-corrected chi connectivity index (χ2v) is 5.60. The number of alkyl halides is 2. The van der Waals surface area contributed by atoms with E-state index in [1.165, 1.54) is 18.2 Å². The Morgan fingerprint density at radius 2 is 1.87 bits per heavy atom. The van der Waals surface area contributed by atoms with Gasteiger partial charge < -0.3 is 20.1 Å². The number of hydrogen-bond acceptors (Lipinski definition) is 4. The van der Waals surface area contributed by atoms with Crippen LogP contribution < -0.4 is 15.4 Å². The number of rotatable bonds is 6. The minimum absolute atomic E-state index is 0.0394. The van der Waals surface area contributed by atoms with Crippen LogP contribution in [-0.4, -0.2) is 30.8 Å². The maximum absolute atomic E-state index is 12.3. The third-order valence-electron chi connectivity index (χ3n) is 2.40. The van der Waals surface area contributed by atoms with Gasteiger partial charge in [0.05, 0.1) is 5.69 Å². The summed E-state index contributed by atoms with van der Waals surface area (Å²) in [6.45, 7) is 2.23. The quantitative estimate of drug-likeness (QED) is 0.840. The number of anilines is 1. The van der Waals surface area contributed by atoms with Crippen LogP contribution in [0.5, 0.6) is 5.75 Å². The highest BCUT2D eigenvalue weighted by Gasteiger charge is 2.16. The van der Waals surface area contributed by atoms with Gasteiger partial charge in [-0.25, -0.2) is 4.79 Å². The average molecular weight is 330 g/mol. The molecule has 6 nitrogen and oxygen atoms in total. The van der Waals surface area contributed by atoms with Crippen molar-refractivity contribution in [2.75, 3.05) is 11.9 Å². The van der Waals surface area contributed by atoms with Gasteiger partial charge in [0.15, 0.2) is 0 Å². The Balaban J connectivity index is 2.44. The molecule has 23 heavy (non-hydrogen) atoms. The van der Waals surface area contributed by atoms with E-state index in [0.717, 1.165) is 0 Å². The van der Waals surface area contributed by atoms with Gasteiger partial charge in [-0.3, -0.25) is 4.79 Å². The zero-order valence-electron chi connectivity index (χ0n) is 13.2. The Morgan fingerprint density at radius 1 is 1.22 bits per heavy atom. The number of carbonyl (C=O) groups excluding carboxylic acids is 2. The molecule has 0 fully saturated rings. The van der Waals surface area contributed by atoms with Crippen molar-refractivity contribution in [3.8, 4) is 5.75 Å². The van der Waals surface area contributed by atoms with Crippen molar-refractivity contribution >= 4 is 17.7 Å². The molecule has 0 saturated carbocycles. The Morgan fingerprint density at radius 3 is 2.48 bits per heavy atom. The molecule has 0 aliphatic heterocycles. The van der Waals surface area contributed by atoms with Crippen molar-refractivity contribution in [3.05, 3.63) is 24.3 Å². The van der Waals surface area contributed by atoms with E-state index < -0.39 is 24.2 Å². The highest BCUT2D eigenvalue weighted by atomic mass is 19.3. The van der Waals surface area contributed by atoms with E-state index in [-0.39, 0.29) is 24.4 Å². The van der Waals surface area contributed by atoms with E-state index in [1.807, 2.05) is 0 Å². The zero-order chi connectivity index (χ0) is 17.5. The molecule has 1 aromatic carbocycles. The Kier molecular flexibility index (Phi) is 6.74. The van der Waals surface area contributed by atoms with Gasteiger partial charge in [-0.15, -0.1) is 0 Å². The summed E-state index contributed by atoms with van der Waals surface area (Å²) in [6, 6.07) is 5.85. The molecule has 0 radical (unpaired) electrons. The molecule has 128 valence electrons. The van der Waals surface area contributed by atoms with Crippen molar-refractivity contribution in [1.29, 1.82) is 0 Å². The second-order valence-electron chi connectivity index (χ2n) is 5.60. The summed E-state index contributed by atoms with van der Waals surface area (Å²) in [4.78, 5) is 23.2. The van der Waals surface area contributed by atoms with Gasteiger partial charge in [-0.1, -0.05) is 12.1 Å². The molecule has 8 heteroatoms. The summed E-state index contributed by atoms with van der Waals surface area (Å²) >= 11 is 0. The van der Waals surface area contributed by atoms with Crippen LogP contribution in [0.4, 0.5) is 19.3 Å². The van der Waals surface area contributed by atoms with Gasteiger partial charge in [0.1, 0.15) is 11.4 Å². The van der Waals surface area contributed by atoms with Gasteiger partial charge in [-0.2, -0.15) is 8.78 Å². The lowest BCUT2D eigenvalue weighted by atomic mass is 10.2. The van der Waals surface area contributed by atoms with Gasteiger partial charge in [-0.05, 0) is 32.9 Å². The lowest BCUT2D eigenvalue weighted by Gasteiger charge is -2.19. The van der Waals surface area contributed by atoms with Crippen LogP contribution in [0.25, 0.3) is 0 Å². The summed E-state index contributed by atoms with van der Waals surface area (Å²) in [7, 11) is 0. The predicted molar refractivity (Wildman–Crippen MR) is 80.6 cm³/mol. The number of nitrogens with one attached hydrogen (secondary N) is 2. The van der Waals surface area contributed by atoms with Crippen LogP contribution >= 0.6 is 0 Å². The summed E-state index contributed by atoms with van der Waals surface area (Å²) in [5.74, 6) is -0.581. The molecule has 0 heterocycles. The number of benzene rings is 1. The van der Waals surface area contributed by atoms with E-state index in [2.05, 4.69) is 15.4 Å². The van der Waals surface area contributed by atoms with E-state index in [0.29, 0.717) is 0 Å². The molecule has 2 amide bonds. The first kappa shape index (κ1) is 18.7. The third-order valence-corrected chi connectivity index (χ3v) is 2.40. The van der Waals surface area contributed by atoms with Gasteiger partial charge >= 0.3 is 12.7 Å². The van der Waals surface area contributed by atoms with Crippen molar-refractivity contribution in [1.82, 2.24) is 5.32 Å². The SMILES string of the molecule is CC(C)(C)OC(=O)NCCC(=O)Nc1ccccc1OC(F)F. The normalized spacial score (nSPS) is 11.0. The Labute approximate surface area is 133 Å². The Hall–Kier alpha value is -2.38. The standard InChI is InChI=1S/C15H20F2N2O4/c1-15(2,3)23-14(21)18-9-8-12(20)19-10-6-4-5-7-11(10)22-13(16)17/h4-7,13H,8-9H2,1-3H3,(H,18,21)(H,19,20). The van der Waals surface area contributed by atoms with Crippen molar-refractivity contribution in [2.45, 2.75) is 39.4 Å². The topological polar surface area (TPSA) is 76.7 Å². The number of hydrogen-bond donors (Lipinski definition) is 2. The first-order valence-corrected chi connectivity index (χ1v) is 6.98. The van der Waals surface area contributed by atoms with Crippen LogP contribution in [0.1, 0.15) is 27.2 Å². The van der Waals surface area contributed by atoms with Crippen LogP contribution in [-0.2, 0) is 9.53 Å². The number of ether oxygens (including phenoxy) is 2. The second kappa shape index (κ2) is 8.30. The number of alkyl carbamates (subject to hydrolysis) is 1. The molecule has 0 aliphatic carbocycles. The molecular weight excluding hydrogens is 310 g/mol. The lowest BCUT2D eigenvalue weighted by Crippen LogP contribution is -2.34. The molecule has 0 saturated heterocycles. The molecule has 0 bridgehead atoms. The van der Waals surface area contributed by atoms with Crippen LogP contribution in [0.3, 0.4) is 0 Å². The third kappa shape index (κ3) is 7.98. The fraction of sp³-hybridized carbons (Fsp3) is 0.467. The smallest absolute Gasteiger partial charge is 0.407 e. The fourth-order valence-electron chi connectivity index (χ4n) is 1.57. The largest absolute Gasteiger partial charge is 0.444 e. The first-order chi connectivity index (χ1) is 10.7. The fourth-order valence-corrected chi connectivity index (χ4v) is 1.57. The summed E-state index contributed by atoms with van der Waals surface area (Å²) in [5.41, 5.74) is -0.493. The Bertz CT molecular complexity index is 545. The van der Waals surface area contributed by atoms with E-state index in [4.69, 9.17) is 4.74 Å². The molecular formula is C15H20F2N2O4. The summed E-state index contributed by atoms with van der Waals surface area (Å²) in [6.07, 6.45) is -0.672. The highest BCUT2D eigenvalue weighted by molar-refractivity contribution is 5.92. The summed E-state index contributed by atoms with van der Waals surface area (Å²) in [5, 5.41) is 4.88. The van der Waals surface area contributed by atoms with Gasteiger partial charge in [0, 0.05) is 13.0 Å². The number of halogens is 2. The molecule has 1 rings (SSSR count). The highest BCUT2D eigenvalue weighted by Crippen LogP contribution is 2.25. The molecule has 0 unspecified atom stereocenters. The molecule has 0 atom stereocenters. The molecule has 0 aromatic heterocycles. The maximum Gasteiger partial charge on any atom is 0.407 e. The number of amides is 2. The lowest BCUT2D eigenvalue weighted by molar-refractivity contribution is -0.116. The summed E-state index contributed by atoms with van der Waals surface area (Å²) < 4.78 is 33.9. The first-order valence-electron chi connectivity index (χ1n) is 6.98. The minimum Gasteiger partial charge on any atom is -0.444 e. The monoisotopic (exact) mass is 330 g/mol. The zero-order valence-corrected chi connectivity index (χ0v) is 13.2. The van der Waals surface area contributed by atoms with E-state index in [9.17, 15) is 18.4 Å². The van der Waals surface area contributed by atoms with Crippen molar-refractivity contribution in [3.63, 3.8) is 0 Å². The molecule has 1 aromatic rings. The van der Waals surface area contributed by atoms with Gasteiger partial charge in [0.2, 0.25) is 5.91 Å². The molecule has 2 N–H and O–H groups in total. The van der Waals surface area contributed by atoms with Crippen LogP contribution in [0, 0.1) is 0 Å². The van der Waals surface area contributed by atoms with Crippen molar-refractivity contribution in [2.24, 2.45) is 0 Å². The predicted octanol–water partition coefficient (Wildman–Crippen LogP) is 3.14. The number of para-hydroxylation sites is 2. The van der Waals surface area contributed by atoms with Crippen LogP contribution in [0.15, 0.2) is 24.3 Å². The van der Waals surface area contributed by atoms with E-state index >= 15 is 0 Å². The van der Waals surface area contributed by atoms with Crippen molar-refractivity contribution < 1.29 is 27.8 Å². The maximum atomic E-state index is 12.3. The average Bonchev–Trinajstić information content (AvgIpc) is 2.38. The van der Waals surface area contributed by atoms with E-state index in [1.54, 1.807) is 26.8 Å². The van der Waals surface area contributed by atoms with Crippen LogP contribution in [0.2, 0.25) is 0 Å². The molecule has 0 aliphatic rings. The number of carbonyl (C=O) groups is 2. The molecule has 0 spiro atoms.